The third-order valence-electron chi connectivity index (χ3n) is 3.77. The van der Waals surface area contributed by atoms with Gasteiger partial charge in [0.2, 0.25) is 0 Å². The van der Waals surface area contributed by atoms with E-state index in [-0.39, 0.29) is 10.7 Å². The maximum absolute atomic E-state index is 12.1. The molecular formula is C20H12Br2Cl3N3O2. The minimum absolute atomic E-state index is 0.110. The molecule has 0 aliphatic heterocycles. The summed E-state index contributed by atoms with van der Waals surface area (Å²) < 4.78 is 7.30. The summed E-state index contributed by atoms with van der Waals surface area (Å²) in [5.74, 6) is 0.161. The molecule has 1 amide bonds. The SMILES string of the molecule is O=C(NN=Cc1cc(Br)c(OCc2ccc(Cl)c(Cl)c2)c(Br)c1)c1cccnc1Cl. The van der Waals surface area contributed by atoms with Gasteiger partial charge in [-0.3, -0.25) is 4.79 Å². The highest BCUT2D eigenvalue weighted by Crippen LogP contribution is 2.35. The molecule has 1 aromatic heterocycles. The number of hydrogen-bond donors (Lipinski definition) is 1. The topological polar surface area (TPSA) is 63.6 Å². The summed E-state index contributed by atoms with van der Waals surface area (Å²) in [4.78, 5) is 16.0. The van der Waals surface area contributed by atoms with Crippen LogP contribution in [0.2, 0.25) is 15.2 Å². The predicted octanol–water partition coefficient (Wildman–Crippen LogP) is 6.91. The molecule has 0 saturated carbocycles. The Morgan fingerprint density at radius 2 is 1.83 bits per heavy atom. The van der Waals surface area contributed by atoms with E-state index in [0.29, 0.717) is 31.3 Å². The fourth-order valence-electron chi connectivity index (χ4n) is 2.36. The Hall–Kier alpha value is -1.64. The van der Waals surface area contributed by atoms with Gasteiger partial charge in [0.25, 0.3) is 5.91 Å². The lowest BCUT2D eigenvalue weighted by Crippen LogP contribution is -2.18. The van der Waals surface area contributed by atoms with Crippen molar-refractivity contribution < 1.29 is 9.53 Å². The van der Waals surface area contributed by atoms with Crippen molar-refractivity contribution in [3.63, 3.8) is 0 Å². The molecule has 0 aliphatic carbocycles. The molecule has 0 bridgehead atoms. The Kier molecular flexibility index (Phi) is 8.13. The van der Waals surface area contributed by atoms with Gasteiger partial charge in [0.1, 0.15) is 17.5 Å². The third-order valence-corrected chi connectivity index (χ3v) is 5.99. The van der Waals surface area contributed by atoms with E-state index in [1.165, 1.54) is 12.4 Å². The largest absolute Gasteiger partial charge is 0.487 e. The van der Waals surface area contributed by atoms with Crippen molar-refractivity contribution in [3.05, 3.63) is 89.5 Å². The molecule has 1 heterocycles. The summed E-state index contributed by atoms with van der Waals surface area (Å²) in [6, 6.07) is 12.1. The lowest BCUT2D eigenvalue weighted by molar-refractivity contribution is 0.0955. The molecular weight excluding hydrogens is 580 g/mol. The van der Waals surface area contributed by atoms with Gasteiger partial charge in [-0.2, -0.15) is 5.10 Å². The number of amides is 1. The predicted molar refractivity (Wildman–Crippen MR) is 127 cm³/mol. The van der Waals surface area contributed by atoms with E-state index < -0.39 is 5.91 Å². The van der Waals surface area contributed by atoms with E-state index in [2.05, 4.69) is 47.4 Å². The van der Waals surface area contributed by atoms with Gasteiger partial charge in [-0.15, -0.1) is 0 Å². The smallest absolute Gasteiger partial charge is 0.274 e. The second-order valence-electron chi connectivity index (χ2n) is 5.89. The van der Waals surface area contributed by atoms with Gasteiger partial charge in [-0.05, 0) is 79.4 Å². The van der Waals surface area contributed by atoms with Crippen molar-refractivity contribution in [2.45, 2.75) is 6.61 Å². The quantitative estimate of drug-likeness (QED) is 0.192. The normalized spacial score (nSPS) is 11.0. The number of hydrogen-bond acceptors (Lipinski definition) is 4. The number of pyridine rings is 1. The molecule has 0 radical (unpaired) electrons. The highest BCUT2D eigenvalue weighted by Gasteiger charge is 2.11. The maximum Gasteiger partial charge on any atom is 0.274 e. The standard InChI is InChI=1S/C20H12Br2Cl3N3O2/c21-14-6-12(9-27-28-20(29)13-2-1-5-26-19(13)25)7-15(22)18(14)30-10-11-3-4-16(23)17(24)8-11/h1-9H,10H2,(H,28,29). The van der Waals surface area contributed by atoms with Crippen molar-refractivity contribution in [2.24, 2.45) is 5.10 Å². The Morgan fingerprint density at radius 3 is 2.50 bits per heavy atom. The number of nitrogens with one attached hydrogen (secondary N) is 1. The molecule has 154 valence electrons. The van der Waals surface area contributed by atoms with Crippen LogP contribution < -0.4 is 10.2 Å². The second-order valence-corrected chi connectivity index (χ2v) is 8.77. The Labute approximate surface area is 204 Å². The summed E-state index contributed by atoms with van der Waals surface area (Å²) in [7, 11) is 0. The monoisotopic (exact) mass is 589 g/mol. The van der Waals surface area contributed by atoms with Crippen LogP contribution in [0.5, 0.6) is 5.75 Å². The number of hydrazone groups is 1. The number of ether oxygens (including phenoxy) is 1. The minimum Gasteiger partial charge on any atom is -0.487 e. The van der Waals surface area contributed by atoms with Crippen molar-refractivity contribution in [1.29, 1.82) is 0 Å². The summed E-state index contributed by atoms with van der Waals surface area (Å²) in [5, 5.41) is 5.03. The number of rotatable bonds is 6. The maximum atomic E-state index is 12.1. The highest BCUT2D eigenvalue weighted by atomic mass is 79.9. The Morgan fingerprint density at radius 1 is 1.10 bits per heavy atom. The van der Waals surface area contributed by atoms with Crippen molar-refractivity contribution in [1.82, 2.24) is 10.4 Å². The van der Waals surface area contributed by atoms with Crippen molar-refractivity contribution in [3.8, 4) is 5.75 Å². The molecule has 1 N–H and O–H groups in total. The molecule has 0 unspecified atom stereocenters. The number of nitrogens with zero attached hydrogens (tertiary/aromatic N) is 2. The molecule has 10 heteroatoms. The molecule has 30 heavy (non-hydrogen) atoms. The average molecular weight is 593 g/mol. The minimum atomic E-state index is -0.455. The molecule has 0 saturated heterocycles. The zero-order valence-electron chi connectivity index (χ0n) is 15.0. The number of benzene rings is 2. The van der Waals surface area contributed by atoms with Gasteiger partial charge in [0.05, 0.1) is 30.8 Å². The fraction of sp³-hybridized carbons (Fsp3) is 0.0500. The van der Waals surface area contributed by atoms with Gasteiger partial charge in [0, 0.05) is 6.20 Å². The van der Waals surface area contributed by atoms with Crippen molar-refractivity contribution >= 4 is 78.8 Å². The molecule has 0 fully saturated rings. The Bertz CT molecular complexity index is 1100. The summed E-state index contributed by atoms with van der Waals surface area (Å²) in [6.45, 7) is 0.309. The summed E-state index contributed by atoms with van der Waals surface area (Å²) >= 11 is 24.8. The van der Waals surface area contributed by atoms with E-state index in [9.17, 15) is 4.79 Å². The van der Waals surface area contributed by atoms with E-state index in [1.807, 2.05) is 18.2 Å². The molecule has 0 aliphatic rings. The van der Waals surface area contributed by atoms with Gasteiger partial charge in [-0.1, -0.05) is 40.9 Å². The lowest BCUT2D eigenvalue weighted by atomic mass is 10.2. The van der Waals surface area contributed by atoms with Crippen LogP contribution in [0.25, 0.3) is 0 Å². The lowest BCUT2D eigenvalue weighted by Gasteiger charge is -2.12. The van der Waals surface area contributed by atoms with E-state index in [0.717, 1.165) is 11.1 Å². The van der Waals surface area contributed by atoms with E-state index >= 15 is 0 Å². The molecule has 3 aromatic rings. The first-order valence-electron chi connectivity index (χ1n) is 8.35. The zero-order chi connectivity index (χ0) is 21.7. The van der Waals surface area contributed by atoms with Crippen LogP contribution in [0.4, 0.5) is 0 Å². The Balaban J connectivity index is 1.66. The molecule has 5 nitrogen and oxygen atoms in total. The third kappa shape index (κ3) is 5.95. The van der Waals surface area contributed by atoms with Gasteiger partial charge >= 0.3 is 0 Å². The number of carbonyl (C=O) groups is 1. The van der Waals surface area contributed by atoms with Gasteiger partial charge < -0.3 is 4.74 Å². The van der Waals surface area contributed by atoms with Gasteiger partial charge in [-0.25, -0.2) is 10.4 Å². The number of aromatic nitrogens is 1. The van der Waals surface area contributed by atoms with E-state index in [1.54, 1.807) is 24.3 Å². The van der Waals surface area contributed by atoms with Crippen LogP contribution in [0.3, 0.4) is 0 Å². The number of halogens is 5. The zero-order valence-corrected chi connectivity index (χ0v) is 20.4. The second kappa shape index (κ2) is 10.6. The average Bonchev–Trinajstić information content (AvgIpc) is 2.70. The first kappa shape index (κ1) is 23.0. The molecule has 0 spiro atoms. The van der Waals surface area contributed by atoms with E-state index in [4.69, 9.17) is 39.5 Å². The molecule has 2 aromatic carbocycles. The summed E-state index contributed by atoms with van der Waals surface area (Å²) in [5.41, 5.74) is 4.27. The van der Waals surface area contributed by atoms with Crippen LogP contribution in [0, 0.1) is 0 Å². The molecule has 0 atom stereocenters. The highest BCUT2D eigenvalue weighted by molar-refractivity contribution is 9.11. The first-order chi connectivity index (χ1) is 14.3. The van der Waals surface area contributed by atoms with Crippen LogP contribution in [0.15, 0.2) is 62.7 Å². The summed E-state index contributed by atoms with van der Waals surface area (Å²) in [6.07, 6.45) is 3.00. The fourth-order valence-corrected chi connectivity index (χ4v) is 4.33. The van der Waals surface area contributed by atoms with Gasteiger partial charge in [0.15, 0.2) is 0 Å². The van der Waals surface area contributed by atoms with Crippen molar-refractivity contribution in [2.75, 3.05) is 0 Å². The van der Waals surface area contributed by atoms with Crippen LogP contribution in [-0.2, 0) is 6.61 Å². The first-order valence-corrected chi connectivity index (χ1v) is 11.1. The van der Waals surface area contributed by atoms with Crippen LogP contribution >= 0.6 is 66.7 Å². The number of carbonyl (C=O) groups excluding carboxylic acids is 1. The van der Waals surface area contributed by atoms with Crippen LogP contribution in [0.1, 0.15) is 21.5 Å². The van der Waals surface area contributed by atoms with Crippen LogP contribution in [-0.4, -0.2) is 17.1 Å². The molecule has 3 rings (SSSR count).